The standard InChI is InChI=1S/C14H21BrN2O2/c1-10(16-2)12-9-11(15)5-6-13(12)19-8-7-14(18)17(3)4/h5-6,9-10,16H,7-8H2,1-4H3. The summed E-state index contributed by atoms with van der Waals surface area (Å²) in [6.45, 7) is 2.46. The molecule has 0 aliphatic heterocycles. The first-order valence-electron chi connectivity index (χ1n) is 6.25. The minimum atomic E-state index is 0.0697. The topological polar surface area (TPSA) is 41.6 Å². The molecule has 1 amide bonds. The first-order valence-corrected chi connectivity index (χ1v) is 7.04. The highest BCUT2D eigenvalue weighted by Crippen LogP contribution is 2.28. The van der Waals surface area contributed by atoms with Crippen LogP contribution in [-0.4, -0.2) is 38.6 Å². The van der Waals surface area contributed by atoms with Gasteiger partial charge in [0.15, 0.2) is 0 Å². The van der Waals surface area contributed by atoms with Crippen molar-refractivity contribution in [1.29, 1.82) is 0 Å². The SMILES string of the molecule is CNC(C)c1cc(Br)ccc1OCCC(=O)N(C)C. The second-order valence-electron chi connectivity index (χ2n) is 4.58. The molecule has 1 unspecified atom stereocenters. The van der Waals surface area contributed by atoms with E-state index in [9.17, 15) is 4.79 Å². The Hall–Kier alpha value is -1.07. The average Bonchev–Trinajstić information content (AvgIpc) is 2.39. The molecule has 106 valence electrons. The Morgan fingerprint density at radius 3 is 2.74 bits per heavy atom. The minimum absolute atomic E-state index is 0.0697. The van der Waals surface area contributed by atoms with Crippen LogP contribution in [0.5, 0.6) is 5.75 Å². The lowest BCUT2D eigenvalue weighted by Crippen LogP contribution is -2.23. The third kappa shape index (κ3) is 4.84. The number of hydrogen-bond donors (Lipinski definition) is 1. The van der Waals surface area contributed by atoms with Crippen LogP contribution in [0.3, 0.4) is 0 Å². The molecule has 0 spiro atoms. The van der Waals surface area contributed by atoms with Crippen molar-refractivity contribution >= 4 is 21.8 Å². The molecule has 1 N–H and O–H groups in total. The highest BCUT2D eigenvalue weighted by Gasteiger charge is 2.11. The van der Waals surface area contributed by atoms with Crippen LogP contribution in [0.25, 0.3) is 0 Å². The van der Waals surface area contributed by atoms with Gasteiger partial charge in [-0.15, -0.1) is 0 Å². The first-order chi connectivity index (χ1) is 8.95. The van der Waals surface area contributed by atoms with Crippen LogP contribution in [0.15, 0.2) is 22.7 Å². The van der Waals surface area contributed by atoms with E-state index in [1.807, 2.05) is 25.2 Å². The fourth-order valence-corrected chi connectivity index (χ4v) is 2.00. The number of carbonyl (C=O) groups excluding carboxylic acids is 1. The highest BCUT2D eigenvalue weighted by molar-refractivity contribution is 9.10. The van der Waals surface area contributed by atoms with Crippen LogP contribution in [0.1, 0.15) is 24.9 Å². The van der Waals surface area contributed by atoms with E-state index in [4.69, 9.17) is 4.74 Å². The van der Waals surface area contributed by atoms with Crippen molar-refractivity contribution in [3.8, 4) is 5.75 Å². The van der Waals surface area contributed by atoms with Gasteiger partial charge in [-0.1, -0.05) is 15.9 Å². The summed E-state index contributed by atoms with van der Waals surface area (Å²) in [5.41, 5.74) is 1.08. The van der Waals surface area contributed by atoms with Crippen LogP contribution in [0.4, 0.5) is 0 Å². The monoisotopic (exact) mass is 328 g/mol. The Labute approximate surface area is 123 Å². The molecule has 0 saturated carbocycles. The number of nitrogens with zero attached hydrogens (tertiary/aromatic N) is 1. The molecule has 1 rings (SSSR count). The molecule has 0 fully saturated rings. The van der Waals surface area contributed by atoms with Crippen molar-refractivity contribution in [3.05, 3.63) is 28.2 Å². The van der Waals surface area contributed by atoms with Crippen LogP contribution in [0.2, 0.25) is 0 Å². The van der Waals surface area contributed by atoms with Crippen LogP contribution < -0.4 is 10.1 Å². The first kappa shape index (κ1) is 16.0. The third-order valence-corrected chi connectivity index (χ3v) is 3.44. The van der Waals surface area contributed by atoms with Gasteiger partial charge in [0, 0.05) is 30.2 Å². The van der Waals surface area contributed by atoms with Gasteiger partial charge < -0.3 is 15.0 Å². The number of rotatable bonds is 6. The zero-order valence-corrected chi connectivity index (χ0v) is 13.5. The van der Waals surface area contributed by atoms with Gasteiger partial charge in [-0.2, -0.15) is 0 Å². The Kier molecular flexibility index (Phi) is 6.31. The molecule has 0 bridgehead atoms. The van der Waals surface area contributed by atoms with E-state index in [0.717, 1.165) is 15.8 Å². The van der Waals surface area contributed by atoms with Crippen molar-refractivity contribution in [2.45, 2.75) is 19.4 Å². The number of hydrogen-bond acceptors (Lipinski definition) is 3. The van der Waals surface area contributed by atoms with Crippen LogP contribution >= 0.6 is 15.9 Å². The van der Waals surface area contributed by atoms with E-state index in [0.29, 0.717) is 13.0 Å². The molecular weight excluding hydrogens is 308 g/mol. The summed E-state index contributed by atoms with van der Waals surface area (Å²) < 4.78 is 6.74. The maximum atomic E-state index is 11.5. The van der Waals surface area contributed by atoms with E-state index >= 15 is 0 Å². The molecule has 0 radical (unpaired) electrons. The quantitative estimate of drug-likeness (QED) is 0.872. The van der Waals surface area contributed by atoms with Gasteiger partial charge in [0.1, 0.15) is 5.75 Å². The summed E-state index contributed by atoms with van der Waals surface area (Å²) in [5.74, 6) is 0.886. The van der Waals surface area contributed by atoms with E-state index < -0.39 is 0 Å². The van der Waals surface area contributed by atoms with E-state index in [-0.39, 0.29) is 11.9 Å². The van der Waals surface area contributed by atoms with Gasteiger partial charge in [0.05, 0.1) is 13.0 Å². The minimum Gasteiger partial charge on any atom is -0.493 e. The fraction of sp³-hybridized carbons (Fsp3) is 0.500. The van der Waals surface area contributed by atoms with Gasteiger partial charge >= 0.3 is 0 Å². The van der Waals surface area contributed by atoms with Crippen molar-refractivity contribution < 1.29 is 9.53 Å². The molecule has 0 saturated heterocycles. The molecule has 1 atom stereocenters. The van der Waals surface area contributed by atoms with E-state index in [1.165, 1.54) is 0 Å². The van der Waals surface area contributed by atoms with Gasteiger partial charge in [-0.05, 0) is 32.2 Å². The van der Waals surface area contributed by atoms with Gasteiger partial charge in [-0.25, -0.2) is 0 Å². The van der Waals surface area contributed by atoms with Crippen molar-refractivity contribution in [2.75, 3.05) is 27.7 Å². The average molecular weight is 329 g/mol. The zero-order valence-electron chi connectivity index (χ0n) is 11.9. The highest BCUT2D eigenvalue weighted by atomic mass is 79.9. The van der Waals surface area contributed by atoms with Crippen LogP contribution in [0, 0.1) is 0 Å². The number of benzene rings is 1. The molecule has 0 heterocycles. The Morgan fingerprint density at radius 2 is 2.16 bits per heavy atom. The molecule has 0 aliphatic carbocycles. The number of carbonyl (C=O) groups is 1. The van der Waals surface area contributed by atoms with Crippen molar-refractivity contribution in [1.82, 2.24) is 10.2 Å². The number of ether oxygens (including phenoxy) is 1. The van der Waals surface area contributed by atoms with Crippen molar-refractivity contribution in [3.63, 3.8) is 0 Å². The Bertz CT molecular complexity index is 435. The largest absolute Gasteiger partial charge is 0.493 e. The lowest BCUT2D eigenvalue weighted by Gasteiger charge is -2.17. The molecule has 0 aromatic heterocycles. The predicted molar refractivity (Wildman–Crippen MR) is 80.4 cm³/mol. The van der Waals surface area contributed by atoms with Gasteiger partial charge in [-0.3, -0.25) is 4.79 Å². The molecule has 19 heavy (non-hydrogen) atoms. The second kappa shape index (κ2) is 7.50. The summed E-state index contributed by atoms with van der Waals surface area (Å²) in [7, 11) is 5.40. The summed E-state index contributed by atoms with van der Waals surface area (Å²) in [4.78, 5) is 13.1. The number of amides is 1. The maximum Gasteiger partial charge on any atom is 0.225 e. The molecule has 1 aromatic carbocycles. The lowest BCUT2D eigenvalue weighted by atomic mass is 10.1. The Balaban J connectivity index is 2.70. The molecule has 4 nitrogen and oxygen atoms in total. The number of nitrogens with one attached hydrogen (secondary N) is 1. The smallest absolute Gasteiger partial charge is 0.225 e. The maximum absolute atomic E-state index is 11.5. The molecule has 0 aliphatic rings. The van der Waals surface area contributed by atoms with Gasteiger partial charge in [0.2, 0.25) is 5.91 Å². The summed E-state index contributed by atoms with van der Waals surface area (Å²) in [5, 5.41) is 3.19. The summed E-state index contributed by atoms with van der Waals surface area (Å²) in [6, 6.07) is 6.09. The molecule has 1 aromatic rings. The fourth-order valence-electron chi connectivity index (χ4n) is 1.62. The van der Waals surface area contributed by atoms with Crippen LogP contribution in [-0.2, 0) is 4.79 Å². The normalized spacial score (nSPS) is 12.1. The zero-order chi connectivity index (χ0) is 14.4. The second-order valence-corrected chi connectivity index (χ2v) is 5.49. The molecule has 5 heteroatoms. The lowest BCUT2D eigenvalue weighted by molar-refractivity contribution is -0.129. The summed E-state index contributed by atoms with van der Waals surface area (Å²) in [6.07, 6.45) is 0.385. The van der Waals surface area contributed by atoms with E-state index in [1.54, 1.807) is 19.0 Å². The van der Waals surface area contributed by atoms with E-state index in [2.05, 4.69) is 28.2 Å². The predicted octanol–water partition coefficient (Wildman–Crippen LogP) is 2.59. The number of halogens is 1. The van der Waals surface area contributed by atoms with Crippen molar-refractivity contribution in [2.24, 2.45) is 0 Å². The Morgan fingerprint density at radius 1 is 1.47 bits per heavy atom. The summed E-state index contributed by atoms with van der Waals surface area (Å²) >= 11 is 3.46. The molecular formula is C14H21BrN2O2. The van der Waals surface area contributed by atoms with Gasteiger partial charge in [0.25, 0.3) is 0 Å². The third-order valence-electron chi connectivity index (χ3n) is 2.94.